The molecule has 0 spiro atoms. The van der Waals surface area contributed by atoms with E-state index in [-0.39, 0.29) is 11.9 Å². The Kier molecular flexibility index (Phi) is 5.37. The van der Waals surface area contributed by atoms with Gasteiger partial charge < -0.3 is 9.80 Å². The minimum Gasteiger partial charge on any atom is -0.335 e. The van der Waals surface area contributed by atoms with Gasteiger partial charge >= 0.3 is 0 Å². The summed E-state index contributed by atoms with van der Waals surface area (Å²) in [5.41, 5.74) is 4.45. The van der Waals surface area contributed by atoms with E-state index in [2.05, 4.69) is 50.0 Å². The highest BCUT2D eigenvalue weighted by molar-refractivity contribution is 6.07. The molecule has 1 aliphatic heterocycles. The van der Waals surface area contributed by atoms with Crippen LogP contribution in [0.3, 0.4) is 0 Å². The van der Waals surface area contributed by atoms with Crippen LogP contribution in [0.4, 0.5) is 0 Å². The zero-order valence-corrected chi connectivity index (χ0v) is 17.7. The van der Waals surface area contributed by atoms with Crippen LogP contribution in [0.15, 0.2) is 36.7 Å². The standard InChI is InChI=1S/C23H29N5O/c1-5-27-15-18(13-24-27)21-12-20(19-8-7-16(2)11-22(19)25-21)23(29)28-10-6-9-26(4)14-17(28)3/h7-8,11-13,15,17H,5-6,9-10,14H2,1-4H3. The fourth-order valence-electron chi connectivity index (χ4n) is 4.16. The molecule has 1 aliphatic rings. The maximum absolute atomic E-state index is 13.7. The van der Waals surface area contributed by atoms with Gasteiger partial charge in [-0.3, -0.25) is 9.48 Å². The van der Waals surface area contributed by atoms with Gasteiger partial charge in [-0.2, -0.15) is 5.10 Å². The van der Waals surface area contributed by atoms with Crippen LogP contribution in [0, 0.1) is 6.92 Å². The van der Waals surface area contributed by atoms with E-state index >= 15 is 0 Å². The topological polar surface area (TPSA) is 54.3 Å². The van der Waals surface area contributed by atoms with Crippen molar-refractivity contribution in [3.05, 3.63) is 47.8 Å². The van der Waals surface area contributed by atoms with Crippen LogP contribution in [0.1, 0.15) is 36.2 Å². The number of carbonyl (C=O) groups is 1. The van der Waals surface area contributed by atoms with E-state index in [4.69, 9.17) is 4.98 Å². The highest BCUT2D eigenvalue weighted by Crippen LogP contribution is 2.27. The number of fused-ring (bicyclic) bond motifs is 1. The Labute approximate surface area is 172 Å². The number of nitrogens with zero attached hydrogens (tertiary/aromatic N) is 5. The number of carbonyl (C=O) groups excluding carboxylic acids is 1. The van der Waals surface area contributed by atoms with Crippen LogP contribution in [-0.2, 0) is 6.54 Å². The highest BCUT2D eigenvalue weighted by Gasteiger charge is 2.27. The largest absolute Gasteiger partial charge is 0.335 e. The molecule has 1 aromatic carbocycles. The van der Waals surface area contributed by atoms with E-state index < -0.39 is 0 Å². The first-order chi connectivity index (χ1) is 14.0. The minimum atomic E-state index is 0.0909. The van der Waals surface area contributed by atoms with Crippen LogP contribution in [0.5, 0.6) is 0 Å². The second-order valence-corrected chi connectivity index (χ2v) is 8.12. The fourth-order valence-corrected chi connectivity index (χ4v) is 4.16. The second-order valence-electron chi connectivity index (χ2n) is 8.12. The number of aromatic nitrogens is 3. The van der Waals surface area contributed by atoms with Crippen LogP contribution >= 0.6 is 0 Å². The normalized spacial score (nSPS) is 18.2. The number of benzene rings is 1. The molecular weight excluding hydrogens is 362 g/mol. The molecule has 0 aliphatic carbocycles. The first kappa shape index (κ1) is 19.6. The van der Waals surface area contributed by atoms with E-state index in [1.54, 1.807) is 0 Å². The molecule has 1 unspecified atom stereocenters. The molecule has 29 heavy (non-hydrogen) atoms. The predicted molar refractivity (Wildman–Crippen MR) is 116 cm³/mol. The van der Waals surface area contributed by atoms with Crippen LogP contribution < -0.4 is 0 Å². The fraction of sp³-hybridized carbons (Fsp3) is 0.435. The van der Waals surface area contributed by atoms with Gasteiger partial charge in [0, 0.05) is 42.8 Å². The Morgan fingerprint density at radius 2 is 2.07 bits per heavy atom. The van der Waals surface area contributed by atoms with E-state index in [9.17, 15) is 4.79 Å². The summed E-state index contributed by atoms with van der Waals surface area (Å²) in [5, 5.41) is 5.30. The summed E-state index contributed by atoms with van der Waals surface area (Å²) in [4.78, 5) is 22.9. The maximum atomic E-state index is 13.7. The number of aryl methyl sites for hydroxylation is 2. The molecule has 6 heteroatoms. The van der Waals surface area contributed by atoms with Gasteiger partial charge in [-0.05, 0) is 58.5 Å². The molecule has 0 saturated carbocycles. The van der Waals surface area contributed by atoms with E-state index in [0.29, 0.717) is 0 Å². The molecule has 6 nitrogen and oxygen atoms in total. The molecule has 1 saturated heterocycles. The first-order valence-electron chi connectivity index (χ1n) is 10.4. The third kappa shape index (κ3) is 3.90. The van der Waals surface area contributed by atoms with E-state index in [1.807, 2.05) is 34.1 Å². The lowest BCUT2D eigenvalue weighted by atomic mass is 10.0. The average Bonchev–Trinajstić information content (AvgIpc) is 3.12. The van der Waals surface area contributed by atoms with Crippen molar-refractivity contribution in [1.29, 1.82) is 0 Å². The van der Waals surface area contributed by atoms with Gasteiger partial charge in [0.2, 0.25) is 0 Å². The number of amides is 1. The number of hydrogen-bond donors (Lipinski definition) is 0. The van der Waals surface area contributed by atoms with Crippen molar-refractivity contribution in [2.75, 3.05) is 26.7 Å². The molecule has 3 heterocycles. The summed E-state index contributed by atoms with van der Waals surface area (Å²) in [6.07, 6.45) is 4.80. The second kappa shape index (κ2) is 7.95. The average molecular weight is 392 g/mol. The Morgan fingerprint density at radius 3 is 2.83 bits per heavy atom. The molecular formula is C23H29N5O. The SMILES string of the molecule is CCn1cc(-c2cc(C(=O)N3CCCN(C)CC3C)c3ccc(C)cc3n2)cn1. The molecule has 4 rings (SSSR count). The summed E-state index contributed by atoms with van der Waals surface area (Å²) in [6.45, 7) is 9.74. The summed E-state index contributed by atoms with van der Waals surface area (Å²) >= 11 is 0. The number of rotatable bonds is 3. The number of hydrogen-bond acceptors (Lipinski definition) is 4. The lowest BCUT2D eigenvalue weighted by Crippen LogP contribution is -2.42. The van der Waals surface area contributed by atoms with Crippen molar-refractivity contribution in [2.45, 2.75) is 39.8 Å². The Hall–Kier alpha value is -2.73. The lowest BCUT2D eigenvalue weighted by Gasteiger charge is -2.28. The van der Waals surface area contributed by atoms with Crippen molar-refractivity contribution in [2.24, 2.45) is 0 Å². The highest BCUT2D eigenvalue weighted by atomic mass is 16.2. The predicted octanol–water partition coefficient (Wildman–Crippen LogP) is 3.59. The van der Waals surface area contributed by atoms with Crippen LogP contribution in [0.2, 0.25) is 0 Å². The Balaban J connectivity index is 1.82. The minimum absolute atomic E-state index is 0.0909. The molecule has 3 aromatic rings. The summed E-state index contributed by atoms with van der Waals surface area (Å²) in [5.74, 6) is 0.0909. The van der Waals surface area contributed by atoms with Crippen molar-refractivity contribution in [3.63, 3.8) is 0 Å². The zero-order valence-electron chi connectivity index (χ0n) is 17.7. The van der Waals surface area contributed by atoms with E-state index in [1.165, 1.54) is 0 Å². The van der Waals surface area contributed by atoms with Gasteiger partial charge in [0.15, 0.2) is 0 Å². The van der Waals surface area contributed by atoms with Crippen molar-refractivity contribution >= 4 is 16.8 Å². The number of pyridine rings is 1. The maximum Gasteiger partial charge on any atom is 0.254 e. The van der Waals surface area contributed by atoms with Gasteiger partial charge in [0.05, 0.1) is 23.0 Å². The van der Waals surface area contributed by atoms with Gasteiger partial charge in [0.1, 0.15) is 0 Å². The van der Waals surface area contributed by atoms with Crippen LogP contribution in [0.25, 0.3) is 22.2 Å². The van der Waals surface area contributed by atoms with Gasteiger partial charge in [0.25, 0.3) is 5.91 Å². The third-order valence-electron chi connectivity index (χ3n) is 5.76. The molecule has 2 aromatic heterocycles. The van der Waals surface area contributed by atoms with Gasteiger partial charge in [-0.1, -0.05) is 12.1 Å². The zero-order chi connectivity index (χ0) is 20.5. The molecule has 152 valence electrons. The molecule has 1 fully saturated rings. The number of likely N-dealkylation sites (N-methyl/N-ethyl adjacent to an activating group) is 1. The molecule has 1 amide bonds. The Morgan fingerprint density at radius 1 is 1.24 bits per heavy atom. The molecule has 0 radical (unpaired) electrons. The first-order valence-corrected chi connectivity index (χ1v) is 10.4. The van der Waals surface area contributed by atoms with Crippen molar-refractivity contribution in [3.8, 4) is 11.3 Å². The summed E-state index contributed by atoms with van der Waals surface area (Å²) in [7, 11) is 2.12. The van der Waals surface area contributed by atoms with Crippen molar-refractivity contribution < 1.29 is 4.79 Å². The Bertz CT molecular complexity index is 1040. The third-order valence-corrected chi connectivity index (χ3v) is 5.76. The van der Waals surface area contributed by atoms with Crippen molar-refractivity contribution in [1.82, 2.24) is 24.6 Å². The molecule has 0 N–H and O–H groups in total. The van der Waals surface area contributed by atoms with Gasteiger partial charge in [-0.25, -0.2) is 4.98 Å². The van der Waals surface area contributed by atoms with Gasteiger partial charge in [-0.15, -0.1) is 0 Å². The van der Waals surface area contributed by atoms with Crippen LogP contribution in [-0.4, -0.2) is 63.2 Å². The lowest BCUT2D eigenvalue weighted by molar-refractivity contribution is 0.0698. The summed E-state index contributed by atoms with van der Waals surface area (Å²) < 4.78 is 1.88. The quantitative estimate of drug-likeness (QED) is 0.685. The van der Waals surface area contributed by atoms with E-state index in [0.717, 1.165) is 65.9 Å². The summed E-state index contributed by atoms with van der Waals surface area (Å²) in [6, 6.07) is 8.25. The molecule has 0 bridgehead atoms. The molecule has 1 atom stereocenters. The smallest absolute Gasteiger partial charge is 0.254 e. The monoisotopic (exact) mass is 391 g/mol.